The molecule has 0 aliphatic heterocycles. The van der Waals surface area contributed by atoms with Crippen molar-refractivity contribution in [3.05, 3.63) is 76.9 Å². The number of rotatable bonds is 9. The lowest BCUT2D eigenvalue weighted by Crippen LogP contribution is -2.38. The van der Waals surface area contributed by atoms with Crippen molar-refractivity contribution in [1.29, 1.82) is 0 Å². The van der Waals surface area contributed by atoms with Crippen molar-refractivity contribution in [1.82, 2.24) is 5.32 Å². The van der Waals surface area contributed by atoms with E-state index in [2.05, 4.69) is 23.6 Å². The second-order valence-corrected chi connectivity index (χ2v) is 8.58. The van der Waals surface area contributed by atoms with Gasteiger partial charge in [-0.2, -0.15) is 0 Å². The molecule has 0 saturated carbocycles. The number of carboxylic acids is 1. The number of carboxylic acid groups (broad SMARTS) is 1. The Morgan fingerprint density at radius 2 is 1.51 bits per heavy atom. The summed E-state index contributed by atoms with van der Waals surface area (Å²) in [4.78, 5) is 23.7. The number of aryl methyl sites for hydroxylation is 2. The molecule has 0 aliphatic carbocycles. The zero-order valence-electron chi connectivity index (χ0n) is 20.9. The first-order valence-corrected chi connectivity index (χ1v) is 11.4. The minimum absolute atomic E-state index is 0.0239. The Kier molecular flexibility index (Phi) is 8.02. The van der Waals surface area contributed by atoms with E-state index in [9.17, 15) is 9.59 Å². The van der Waals surface area contributed by atoms with Gasteiger partial charge in [-0.3, -0.25) is 9.59 Å². The average molecular weight is 477 g/mol. The van der Waals surface area contributed by atoms with E-state index in [-0.39, 0.29) is 11.9 Å². The number of amides is 1. The van der Waals surface area contributed by atoms with Crippen LogP contribution in [0.3, 0.4) is 0 Å². The normalized spacial score (nSPS) is 12.4. The van der Waals surface area contributed by atoms with Crippen LogP contribution in [0, 0.1) is 13.8 Å². The molecule has 0 saturated heterocycles. The number of methoxy groups -OCH3 is 2. The minimum Gasteiger partial charge on any atom is -0.493 e. The topological polar surface area (TPSA) is 96.9 Å². The van der Waals surface area contributed by atoms with Crippen molar-refractivity contribution < 1.29 is 24.2 Å². The number of hydrogen-bond donors (Lipinski definition) is 3. The molecule has 7 nitrogen and oxygen atoms in total. The van der Waals surface area contributed by atoms with Gasteiger partial charge in [-0.15, -0.1) is 0 Å². The SMILES string of the molecule is COc1ccc(C(C)Nc2cccc(-c3cc(C)c(C(=O)N[C@@H](C)C(=O)O)c(C)c3)c2)cc1OC. The van der Waals surface area contributed by atoms with Crippen molar-refractivity contribution >= 4 is 17.6 Å². The number of carbonyl (C=O) groups excluding carboxylic acids is 1. The highest BCUT2D eigenvalue weighted by Crippen LogP contribution is 2.32. The fourth-order valence-electron chi connectivity index (χ4n) is 4.06. The molecule has 184 valence electrons. The Bertz CT molecular complexity index is 1210. The van der Waals surface area contributed by atoms with Crippen LogP contribution in [0.25, 0.3) is 11.1 Å². The van der Waals surface area contributed by atoms with Gasteiger partial charge in [0.25, 0.3) is 5.91 Å². The van der Waals surface area contributed by atoms with Crippen molar-refractivity contribution in [3.63, 3.8) is 0 Å². The molecular formula is C28H32N2O5. The van der Waals surface area contributed by atoms with Crippen LogP contribution in [0.2, 0.25) is 0 Å². The largest absolute Gasteiger partial charge is 0.493 e. The third-order valence-electron chi connectivity index (χ3n) is 5.96. The van der Waals surface area contributed by atoms with Crippen LogP contribution in [-0.2, 0) is 4.79 Å². The van der Waals surface area contributed by atoms with E-state index in [1.807, 2.05) is 62.4 Å². The van der Waals surface area contributed by atoms with Crippen molar-refractivity contribution in [2.24, 2.45) is 0 Å². The number of hydrogen-bond acceptors (Lipinski definition) is 5. The maximum absolute atomic E-state index is 12.6. The van der Waals surface area contributed by atoms with E-state index in [1.54, 1.807) is 14.2 Å². The standard InChI is InChI=1S/C28H32N2O5/c1-16-12-22(13-17(2)26(16)27(31)30-19(4)28(32)33)21-8-7-9-23(14-21)29-18(3)20-10-11-24(34-5)25(15-20)35-6/h7-15,18-19,29H,1-6H3,(H,30,31)(H,32,33)/t18?,19-/m0/s1. The smallest absolute Gasteiger partial charge is 0.325 e. The van der Waals surface area contributed by atoms with Gasteiger partial charge in [0.05, 0.1) is 14.2 Å². The van der Waals surface area contributed by atoms with Gasteiger partial charge in [-0.25, -0.2) is 0 Å². The van der Waals surface area contributed by atoms with E-state index in [0.29, 0.717) is 17.1 Å². The monoisotopic (exact) mass is 476 g/mol. The molecule has 3 aromatic carbocycles. The van der Waals surface area contributed by atoms with Crippen molar-refractivity contribution in [2.45, 2.75) is 39.8 Å². The second-order valence-electron chi connectivity index (χ2n) is 8.58. The summed E-state index contributed by atoms with van der Waals surface area (Å²) < 4.78 is 10.8. The van der Waals surface area contributed by atoms with Crippen LogP contribution < -0.4 is 20.1 Å². The molecule has 0 radical (unpaired) electrons. The van der Waals surface area contributed by atoms with Crippen molar-refractivity contribution in [3.8, 4) is 22.6 Å². The summed E-state index contributed by atoms with van der Waals surface area (Å²) >= 11 is 0. The van der Waals surface area contributed by atoms with Crippen LogP contribution in [0.5, 0.6) is 11.5 Å². The molecule has 3 aromatic rings. The van der Waals surface area contributed by atoms with Gasteiger partial charge >= 0.3 is 5.97 Å². The van der Waals surface area contributed by atoms with Gasteiger partial charge in [0.15, 0.2) is 11.5 Å². The molecule has 2 atom stereocenters. The van der Waals surface area contributed by atoms with E-state index in [4.69, 9.17) is 14.6 Å². The Hall–Kier alpha value is -4.00. The summed E-state index contributed by atoms with van der Waals surface area (Å²) in [6.07, 6.45) is 0. The minimum atomic E-state index is -1.07. The van der Waals surface area contributed by atoms with E-state index in [1.165, 1.54) is 6.92 Å². The molecule has 3 N–H and O–H groups in total. The lowest BCUT2D eigenvalue weighted by Gasteiger charge is -2.19. The lowest BCUT2D eigenvalue weighted by atomic mass is 9.94. The number of ether oxygens (including phenoxy) is 2. The predicted molar refractivity (Wildman–Crippen MR) is 137 cm³/mol. The summed E-state index contributed by atoms with van der Waals surface area (Å²) in [6.45, 7) is 7.24. The Morgan fingerprint density at radius 3 is 2.11 bits per heavy atom. The van der Waals surface area contributed by atoms with Gasteiger partial charge in [-0.05, 0) is 79.8 Å². The zero-order valence-corrected chi connectivity index (χ0v) is 20.9. The van der Waals surface area contributed by atoms with E-state index < -0.39 is 12.0 Å². The quantitative estimate of drug-likeness (QED) is 0.385. The Balaban J connectivity index is 1.83. The van der Waals surface area contributed by atoms with Crippen LogP contribution >= 0.6 is 0 Å². The summed E-state index contributed by atoms with van der Waals surface area (Å²) in [5.41, 5.74) is 6.07. The molecule has 0 fully saturated rings. The van der Waals surface area contributed by atoms with E-state index >= 15 is 0 Å². The molecule has 35 heavy (non-hydrogen) atoms. The highest BCUT2D eigenvalue weighted by Gasteiger charge is 2.19. The van der Waals surface area contributed by atoms with Crippen LogP contribution in [0.15, 0.2) is 54.6 Å². The first-order valence-electron chi connectivity index (χ1n) is 11.4. The number of benzene rings is 3. The molecule has 3 rings (SSSR count). The van der Waals surface area contributed by atoms with Gasteiger partial charge < -0.3 is 25.2 Å². The molecule has 0 aromatic heterocycles. The Labute approximate surface area is 206 Å². The molecular weight excluding hydrogens is 444 g/mol. The molecule has 0 heterocycles. The number of carbonyl (C=O) groups is 2. The van der Waals surface area contributed by atoms with Gasteiger partial charge in [-0.1, -0.05) is 30.3 Å². The predicted octanol–water partition coefficient (Wildman–Crippen LogP) is 5.36. The van der Waals surface area contributed by atoms with Crippen LogP contribution in [0.4, 0.5) is 5.69 Å². The molecule has 7 heteroatoms. The van der Waals surface area contributed by atoms with Gasteiger partial charge in [0, 0.05) is 17.3 Å². The number of anilines is 1. The molecule has 0 spiro atoms. The molecule has 0 bridgehead atoms. The summed E-state index contributed by atoms with van der Waals surface area (Å²) in [5.74, 6) is -0.0940. The van der Waals surface area contributed by atoms with Crippen LogP contribution in [-0.4, -0.2) is 37.2 Å². The molecule has 1 amide bonds. The van der Waals surface area contributed by atoms with Crippen LogP contribution in [0.1, 0.15) is 46.9 Å². The lowest BCUT2D eigenvalue weighted by molar-refractivity contribution is -0.138. The van der Waals surface area contributed by atoms with Gasteiger partial charge in [0.2, 0.25) is 0 Å². The highest BCUT2D eigenvalue weighted by molar-refractivity contribution is 5.99. The third kappa shape index (κ3) is 5.93. The summed E-state index contributed by atoms with van der Waals surface area (Å²) in [6, 6.07) is 16.9. The number of aliphatic carboxylic acids is 1. The average Bonchev–Trinajstić information content (AvgIpc) is 2.83. The van der Waals surface area contributed by atoms with Crippen molar-refractivity contribution in [2.75, 3.05) is 19.5 Å². The zero-order chi connectivity index (χ0) is 25.7. The summed E-state index contributed by atoms with van der Waals surface area (Å²) in [7, 11) is 3.23. The maximum Gasteiger partial charge on any atom is 0.325 e. The maximum atomic E-state index is 12.6. The molecule has 1 unspecified atom stereocenters. The fourth-order valence-corrected chi connectivity index (χ4v) is 4.06. The van der Waals surface area contributed by atoms with Gasteiger partial charge in [0.1, 0.15) is 6.04 Å². The second kappa shape index (κ2) is 11.0. The number of nitrogens with one attached hydrogen (secondary N) is 2. The Morgan fingerprint density at radius 1 is 0.857 bits per heavy atom. The first-order chi connectivity index (χ1) is 16.6. The van der Waals surface area contributed by atoms with E-state index in [0.717, 1.165) is 33.5 Å². The highest BCUT2D eigenvalue weighted by atomic mass is 16.5. The first kappa shape index (κ1) is 25.6. The molecule has 0 aliphatic rings. The third-order valence-corrected chi connectivity index (χ3v) is 5.96. The summed E-state index contributed by atoms with van der Waals surface area (Å²) in [5, 5.41) is 15.2. The fraction of sp³-hybridized carbons (Fsp3) is 0.286.